The molecule has 6 rings (SSSR count). The van der Waals surface area contributed by atoms with Gasteiger partial charge in [0.2, 0.25) is 0 Å². The van der Waals surface area contributed by atoms with Crippen molar-refractivity contribution in [3.05, 3.63) is 65.4 Å². The number of H-pyrrole nitrogens is 1. The molecule has 0 spiro atoms. The molecule has 0 saturated carbocycles. The largest absolute Gasteiger partial charge is 0.483 e. The van der Waals surface area contributed by atoms with Crippen molar-refractivity contribution in [1.82, 2.24) is 25.2 Å². The molecule has 34 heavy (non-hydrogen) atoms. The van der Waals surface area contributed by atoms with Crippen LogP contribution in [-0.4, -0.2) is 69.9 Å². The molecule has 3 aromatic rings. The van der Waals surface area contributed by atoms with E-state index in [2.05, 4.69) is 15.4 Å². The molecule has 0 radical (unpaired) electrons. The van der Waals surface area contributed by atoms with E-state index < -0.39 is 0 Å². The molecule has 0 aliphatic carbocycles. The molecule has 0 bridgehead atoms. The van der Waals surface area contributed by atoms with E-state index in [0.717, 1.165) is 36.1 Å². The summed E-state index contributed by atoms with van der Waals surface area (Å²) in [5.41, 5.74) is 4.07. The molecule has 2 atom stereocenters. The highest BCUT2D eigenvalue weighted by molar-refractivity contribution is 5.98. The Kier molecular flexibility index (Phi) is 5.26. The number of carbonyl (C=O) groups is 2. The lowest BCUT2D eigenvalue weighted by Crippen LogP contribution is -2.35. The summed E-state index contributed by atoms with van der Waals surface area (Å²) in [5.74, 6) is 0.746. The van der Waals surface area contributed by atoms with Gasteiger partial charge in [-0.15, -0.1) is 0 Å². The minimum atomic E-state index is -0.0706. The average Bonchev–Trinajstić information content (AvgIpc) is 3.65. The van der Waals surface area contributed by atoms with Crippen LogP contribution in [0.15, 0.2) is 54.2 Å². The van der Waals surface area contributed by atoms with Gasteiger partial charge in [0.15, 0.2) is 6.61 Å². The van der Waals surface area contributed by atoms with Gasteiger partial charge in [0, 0.05) is 49.5 Å². The Bertz CT molecular complexity index is 1280. The van der Waals surface area contributed by atoms with E-state index in [4.69, 9.17) is 9.47 Å². The highest BCUT2D eigenvalue weighted by Gasteiger charge is 2.37. The van der Waals surface area contributed by atoms with Crippen molar-refractivity contribution < 1.29 is 19.1 Å². The topological polar surface area (TPSA) is 101 Å². The summed E-state index contributed by atoms with van der Waals surface area (Å²) in [4.78, 5) is 29.4. The zero-order chi connectivity index (χ0) is 23.1. The van der Waals surface area contributed by atoms with E-state index in [1.54, 1.807) is 23.1 Å². The number of benzene rings is 2. The molecule has 3 aliphatic rings. The lowest BCUT2D eigenvalue weighted by atomic mass is 10.1. The van der Waals surface area contributed by atoms with Gasteiger partial charge in [0.25, 0.3) is 11.8 Å². The second-order valence-electron chi connectivity index (χ2n) is 8.99. The Balaban J connectivity index is 1.08. The molecule has 2 fully saturated rings. The van der Waals surface area contributed by atoms with Crippen LogP contribution in [-0.2, 0) is 9.53 Å². The fraction of sp³-hybridized carbons (Fsp3) is 0.360. The molecular weight excluding hydrogens is 434 g/mol. The van der Waals surface area contributed by atoms with Gasteiger partial charge in [0.1, 0.15) is 16.8 Å². The van der Waals surface area contributed by atoms with Crippen LogP contribution in [0.4, 0.5) is 0 Å². The van der Waals surface area contributed by atoms with Gasteiger partial charge in [0.05, 0.1) is 6.10 Å². The molecule has 2 saturated heterocycles. The SMILES string of the molecule is O=C(c1ccc2n[nH]nc2c1)N1C=C2CN(C(=O)COc3ccccc3C3CCCO3)C[C@H]2C1. The minimum Gasteiger partial charge on any atom is -0.483 e. The Morgan fingerprint density at radius 2 is 2.00 bits per heavy atom. The number of nitrogens with zero attached hydrogens (tertiary/aromatic N) is 4. The molecule has 3 aliphatic heterocycles. The number of nitrogens with one attached hydrogen (secondary N) is 1. The third kappa shape index (κ3) is 3.81. The number of hydrogen-bond donors (Lipinski definition) is 1. The number of ether oxygens (including phenoxy) is 2. The minimum absolute atomic E-state index is 0.00983. The van der Waals surface area contributed by atoms with Crippen molar-refractivity contribution in [1.29, 1.82) is 0 Å². The highest BCUT2D eigenvalue weighted by atomic mass is 16.5. The van der Waals surface area contributed by atoms with Gasteiger partial charge in [-0.05, 0) is 42.7 Å². The van der Waals surface area contributed by atoms with Crippen molar-refractivity contribution in [2.45, 2.75) is 18.9 Å². The van der Waals surface area contributed by atoms with E-state index in [9.17, 15) is 9.59 Å². The maximum absolute atomic E-state index is 13.0. The predicted molar refractivity (Wildman–Crippen MR) is 123 cm³/mol. The van der Waals surface area contributed by atoms with E-state index >= 15 is 0 Å². The van der Waals surface area contributed by atoms with E-state index in [1.807, 2.05) is 35.4 Å². The van der Waals surface area contributed by atoms with Gasteiger partial charge >= 0.3 is 0 Å². The monoisotopic (exact) mass is 459 g/mol. The third-order valence-corrected chi connectivity index (χ3v) is 6.80. The number of rotatable bonds is 5. The van der Waals surface area contributed by atoms with Crippen molar-refractivity contribution in [3.8, 4) is 5.75 Å². The quantitative estimate of drug-likeness (QED) is 0.630. The summed E-state index contributed by atoms with van der Waals surface area (Å²) in [6, 6.07) is 13.1. The average molecular weight is 460 g/mol. The van der Waals surface area contributed by atoms with E-state index in [1.165, 1.54) is 0 Å². The summed E-state index contributed by atoms with van der Waals surface area (Å²) in [6.45, 7) is 2.43. The van der Waals surface area contributed by atoms with Crippen molar-refractivity contribution in [2.24, 2.45) is 5.92 Å². The molecule has 1 aromatic heterocycles. The molecular formula is C25H25N5O4. The Hall–Kier alpha value is -3.72. The number of aromatic amines is 1. The van der Waals surface area contributed by atoms with Crippen LogP contribution in [0.2, 0.25) is 0 Å². The fourth-order valence-electron chi connectivity index (χ4n) is 5.01. The van der Waals surface area contributed by atoms with E-state index in [0.29, 0.717) is 36.5 Å². The van der Waals surface area contributed by atoms with Gasteiger partial charge in [-0.25, -0.2) is 0 Å². The Labute approximate surface area is 196 Å². The number of likely N-dealkylation sites (tertiary alicyclic amines) is 1. The number of fused-ring (bicyclic) bond motifs is 2. The summed E-state index contributed by atoms with van der Waals surface area (Å²) >= 11 is 0. The van der Waals surface area contributed by atoms with Crippen molar-refractivity contribution in [3.63, 3.8) is 0 Å². The summed E-state index contributed by atoms with van der Waals surface area (Å²) in [7, 11) is 0. The zero-order valence-corrected chi connectivity index (χ0v) is 18.6. The van der Waals surface area contributed by atoms with Crippen LogP contribution >= 0.6 is 0 Å². The van der Waals surface area contributed by atoms with Crippen molar-refractivity contribution in [2.75, 3.05) is 32.8 Å². The number of hydrogen-bond acceptors (Lipinski definition) is 6. The Morgan fingerprint density at radius 3 is 2.85 bits per heavy atom. The molecule has 4 heterocycles. The lowest BCUT2D eigenvalue weighted by molar-refractivity contribution is -0.132. The van der Waals surface area contributed by atoms with E-state index in [-0.39, 0.29) is 30.4 Å². The number of aromatic nitrogens is 3. The van der Waals surface area contributed by atoms with Crippen LogP contribution in [0.25, 0.3) is 11.0 Å². The van der Waals surface area contributed by atoms with Crippen LogP contribution in [0.5, 0.6) is 5.75 Å². The normalized spacial score (nSPS) is 21.7. The second-order valence-corrected chi connectivity index (χ2v) is 8.99. The zero-order valence-electron chi connectivity index (χ0n) is 18.6. The van der Waals surface area contributed by atoms with Gasteiger partial charge in [-0.2, -0.15) is 15.4 Å². The third-order valence-electron chi connectivity index (χ3n) is 6.80. The summed E-state index contributed by atoms with van der Waals surface area (Å²) < 4.78 is 11.7. The second kappa shape index (κ2) is 8.57. The standard InChI is InChI=1S/C25H25N5O4/c31-24(15-34-23-5-2-1-4-19(23)22-6-3-9-33-22)29-11-17-13-30(14-18(17)12-29)25(32)16-7-8-20-21(10-16)27-28-26-20/h1-2,4-5,7-8,10,13,18,22H,3,6,9,11-12,14-15H2,(H,26,27,28)/t18-,22?/m0/s1. The van der Waals surface area contributed by atoms with Crippen LogP contribution in [0.1, 0.15) is 34.9 Å². The summed E-state index contributed by atoms with van der Waals surface area (Å²) in [5, 5.41) is 10.6. The van der Waals surface area contributed by atoms with Crippen molar-refractivity contribution >= 4 is 22.8 Å². The number of para-hydroxylation sites is 1. The lowest BCUT2D eigenvalue weighted by Gasteiger charge is -2.21. The molecule has 1 unspecified atom stereocenters. The number of carbonyl (C=O) groups excluding carboxylic acids is 2. The maximum Gasteiger partial charge on any atom is 0.260 e. The first kappa shape index (κ1) is 20.9. The van der Waals surface area contributed by atoms with Crippen LogP contribution in [0, 0.1) is 5.92 Å². The van der Waals surface area contributed by atoms with Crippen LogP contribution in [0.3, 0.4) is 0 Å². The van der Waals surface area contributed by atoms with Gasteiger partial charge < -0.3 is 19.3 Å². The molecule has 1 N–H and O–H groups in total. The van der Waals surface area contributed by atoms with Gasteiger partial charge in [-0.1, -0.05) is 18.2 Å². The Morgan fingerprint density at radius 1 is 1.12 bits per heavy atom. The molecule has 2 aromatic carbocycles. The molecule has 9 nitrogen and oxygen atoms in total. The fourth-order valence-corrected chi connectivity index (χ4v) is 5.01. The van der Waals surface area contributed by atoms with Gasteiger partial charge in [-0.3, -0.25) is 9.59 Å². The first-order valence-electron chi connectivity index (χ1n) is 11.6. The molecule has 174 valence electrons. The summed E-state index contributed by atoms with van der Waals surface area (Å²) in [6.07, 6.45) is 3.94. The highest BCUT2D eigenvalue weighted by Crippen LogP contribution is 2.35. The predicted octanol–water partition coefficient (Wildman–Crippen LogP) is 2.69. The molecule has 9 heteroatoms. The van der Waals surface area contributed by atoms with Crippen LogP contribution < -0.4 is 4.74 Å². The maximum atomic E-state index is 13.0. The number of amides is 2. The molecule has 2 amide bonds. The first-order valence-corrected chi connectivity index (χ1v) is 11.6. The first-order chi connectivity index (χ1) is 16.7. The smallest absolute Gasteiger partial charge is 0.260 e.